The molecule has 1 aromatic heterocycles. The average Bonchev–Trinajstić information content (AvgIpc) is 3.19. The summed E-state index contributed by atoms with van der Waals surface area (Å²) in [7, 11) is 1.77. The highest BCUT2D eigenvalue weighted by molar-refractivity contribution is 5.92. The maximum Gasteiger partial charge on any atom is 0.238 e. The van der Waals surface area contributed by atoms with E-state index in [0.717, 1.165) is 23.4 Å². The molecule has 1 N–H and O–H groups in total. The van der Waals surface area contributed by atoms with Crippen LogP contribution in [0.1, 0.15) is 18.5 Å². The van der Waals surface area contributed by atoms with Gasteiger partial charge in [0.25, 0.3) is 0 Å². The summed E-state index contributed by atoms with van der Waals surface area (Å²) in [6, 6.07) is 11.1. The molecular weight excluding hydrogens is 352 g/mol. The molecule has 2 aromatic carbocycles. The Hall–Kier alpha value is -3.13. The van der Waals surface area contributed by atoms with E-state index in [1.165, 1.54) is 12.4 Å². The number of hydrogen-bond donors (Lipinski definition) is 1. The molecule has 140 valence electrons. The second kappa shape index (κ2) is 8.05. The van der Waals surface area contributed by atoms with Crippen molar-refractivity contribution in [2.24, 2.45) is 0 Å². The van der Waals surface area contributed by atoms with Crippen molar-refractivity contribution in [1.29, 1.82) is 0 Å². The van der Waals surface area contributed by atoms with E-state index < -0.39 is 23.2 Å². The zero-order valence-electron chi connectivity index (χ0n) is 14.9. The first-order valence-corrected chi connectivity index (χ1v) is 8.35. The maximum absolute atomic E-state index is 13.6. The predicted octanol–water partition coefficient (Wildman–Crippen LogP) is 3.18. The summed E-state index contributed by atoms with van der Waals surface area (Å²) in [6.07, 6.45) is 3.07. The van der Waals surface area contributed by atoms with Gasteiger partial charge in [-0.25, -0.2) is 18.4 Å². The Morgan fingerprint density at radius 1 is 1.19 bits per heavy atom. The third-order valence-electron chi connectivity index (χ3n) is 4.34. The van der Waals surface area contributed by atoms with Crippen LogP contribution in [0.25, 0.3) is 5.69 Å². The van der Waals surface area contributed by atoms with E-state index >= 15 is 0 Å². The van der Waals surface area contributed by atoms with E-state index in [1.54, 1.807) is 23.0 Å². The van der Waals surface area contributed by atoms with Gasteiger partial charge in [-0.1, -0.05) is 18.2 Å². The number of likely N-dealkylation sites (N-methyl/N-ethyl adjacent to an activating group) is 1. The number of rotatable bonds is 6. The lowest BCUT2D eigenvalue weighted by Gasteiger charge is -2.24. The average molecular weight is 371 g/mol. The molecule has 0 spiro atoms. The minimum absolute atomic E-state index is 0.0141. The predicted molar refractivity (Wildman–Crippen MR) is 97.4 cm³/mol. The molecule has 3 aromatic rings. The number of nitrogens with one attached hydrogen (secondary N) is 1. The molecule has 0 saturated carbocycles. The molecule has 3 rings (SSSR count). The van der Waals surface area contributed by atoms with Gasteiger partial charge in [0.05, 0.1) is 12.2 Å². The number of hydrogen-bond acceptors (Lipinski definition) is 4. The Morgan fingerprint density at radius 2 is 1.85 bits per heavy atom. The first-order chi connectivity index (χ1) is 13.0. The molecule has 0 fully saturated rings. The van der Waals surface area contributed by atoms with Crippen LogP contribution in [-0.4, -0.2) is 39.2 Å². The van der Waals surface area contributed by atoms with Gasteiger partial charge in [0.1, 0.15) is 30.0 Å². The van der Waals surface area contributed by atoms with E-state index in [0.29, 0.717) is 0 Å². The maximum atomic E-state index is 13.6. The van der Waals surface area contributed by atoms with E-state index in [9.17, 15) is 13.6 Å². The minimum Gasteiger partial charge on any atom is -0.320 e. The van der Waals surface area contributed by atoms with Crippen LogP contribution in [-0.2, 0) is 4.79 Å². The molecule has 8 heteroatoms. The Kier molecular flexibility index (Phi) is 5.56. The molecule has 0 saturated heterocycles. The smallest absolute Gasteiger partial charge is 0.238 e. The Labute approximate surface area is 155 Å². The fraction of sp³-hybridized carbons (Fsp3) is 0.211. The van der Waals surface area contributed by atoms with E-state index in [-0.39, 0.29) is 12.6 Å². The normalized spacial score (nSPS) is 12.2. The highest BCUT2D eigenvalue weighted by Gasteiger charge is 2.17. The number of carbonyl (C=O) groups is 1. The van der Waals surface area contributed by atoms with Gasteiger partial charge in [-0.05, 0) is 43.8 Å². The minimum atomic E-state index is -0.803. The van der Waals surface area contributed by atoms with Gasteiger partial charge in [0.15, 0.2) is 0 Å². The van der Waals surface area contributed by atoms with Gasteiger partial charge in [0, 0.05) is 6.04 Å². The quantitative estimate of drug-likeness (QED) is 0.723. The summed E-state index contributed by atoms with van der Waals surface area (Å²) < 4.78 is 28.9. The molecule has 0 aliphatic carbocycles. The summed E-state index contributed by atoms with van der Waals surface area (Å²) in [6.45, 7) is 1.93. The highest BCUT2D eigenvalue weighted by Crippen LogP contribution is 2.21. The number of carbonyl (C=O) groups excluding carboxylic acids is 1. The molecule has 0 aliphatic rings. The molecule has 6 nitrogen and oxygen atoms in total. The van der Waals surface area contributed by atoms with Gasteiger partial charge in [-0.15, -0.1) is 0 Å². The van der Waals surface area contributed by atoms with Crippen molar-refractivity contribution in [2.45, 2.75) is 13.0 Å². The van der Waals surface area contributed by atoms with E-state index in [4.69, 9.17) is 0 Å². The van der Waals surface area contributed by atoms with Gasteiger partial charge >= 0.3 is 0 Å². The van der Waals surface area contributed by atoms with Gasteiger partial charge < -0.3 is 5.32 Å². The van der Waals surface area contributed by atoms with Crippen molar-refractivity contribution in [3.05, 3.63) is 72.3 Å². The Bertz CT molecular complexity index is 892. The number of anilines is 1. The number of nitrogens with zero attached hydrogens (tertiary/aromatic N) is 4. The van der Waals surface area contributed by atoms with Gasteiger partial charge in [-0.2, -0.15) is 5.10 Å². The Balaban J connectivity index is 1.63. The summed E-state index contributed by atoms with van der Waals surface area (Å²) >= 11 is 0. The van der Waals surface area contributed by atoms with Crippen LogP contribution in [0.3, 0.4) is 0 Å². The number of amides is 1. The molecule has 27 heavy (non-hydrogen) atoms. The molecule has 1 amide bonds. The molecular formula is C19H19F2N5O. The first kappa shape index (κ1) is 18.7. The molecule has 0 bridgehead atoms. The van der Waals surface area contributed by atoms with Crippen LogP contribution < -0.4 is 5.32 Å². The topological polar surface area (TPSA) is 63.1 Å². The lowest BCUT2D eigenvalue weighted by atomic mass is 10.1. The number of halogens is 2. The van der Waals surface area contributed by atoms with E-state index in [1.807, 2.05) is 31.2 Å². The Morgan fingerprint density at radius 3 is 2.44 bits per heavy atom. The standard InChI is InChI=1S/C19H19F2N5O/c1-13(14-6-8-15(9-7-14)26-12-22-11-23-26)25(2)10-18(27)24-19-16(20)4-3-5-17(19)21/h3-9,11-13H,10H2,1-2H3,(H,24,27). The highest BCUT2D eigenvalue weighted by atomic mass is 19.1. The third-order valence-corrected chi connectivity index (χ3v) is 4.34. The second-order valence-electron chi connectivity index (χ2n) is 6.17. The molecule has 1 atom stereocenters. The lowest BCUT2D eigenvalue weighted by molar-refractivity contribution is -0.117. The molecule has 1 unspecified atom stereocenters. The molecule has 1 heterocycles. The summed E-state index contributed by atoms with van der Waals surface area (Å²) in [4.78, 5) is 17.9. The third kappa shape index (κ3) is 4.35. The van der Waals surface area contributed by atoms with Crippen LogP contribution in [0.4, 0.5) is 14.5 Å². The van der Waals surface area contributed by atoms with Crippen molar-refractivity contribution < 1.29 is 13.6 Å². The van der Waals surface area contributed by atoms with Crippen molar-refractivity contribution in [3.8, 4) is 5.69 Å². The molecule has 0 radical (unpaired) electrons. The fourth-order valence-electron chi connectivity index (χ4n) is 2.66. The zero-order valence-corrected chi connectivity index (χ0v) is 14.9. The largest absolute Gasteiger partial charge is 0.320 e. The van der Waals surface area contributed by atoms with Crippen LogP contribution in [0.5, 0.6) is 0 Å². The zero-order chi connectivity index (χ0) is 19.4. The summed E-state index contributed by atoms with van der Waals surface area (Å²) in [5.41, 5.74) is 1.44. The van der Waals surface area contributed by atoms with Crippen LogP contribution in [0.2, 0.25) is 0 Å². The van der Waals surface area contributed by atoms with Gasteiger partial charge in [-0.3, -0.25) is 9.69 Å². The first-order valence-electron chi connectivity index (χ1n) is 8.35. The number of aromatic nitrogens is 3. The second-order valence-corrected chi connectivity index (χ2v) is 6.17. The number of para-hydroxylation sites is 1. The van der Waals surface area contributed by atoms with Crippen molar-refractivity contribution in [2.75, 3.05) is 18.9 Å². The summed E-state index contributed by atoms with van der Waals surface area (Å²) in [5.74, 6) is -2.10. The van der Waals surface area contributed by atoms with Crippen molar-refractivity contribution in [3.63, 3.8) is 0 Å². The van der Waals surface area contributed by atoms with Crippen LogP contribution in [0, 0.1) is 11.6 Å². The fourth-order valence-corrected chi connectivity index (χ4v) is 2.66. The van der Waals surface area contributed by atoms with Crippen LogP contribution in [0.15, 0.2) is 55.1 Å². The number of benzene rings is 2. The van der Waals surface area contributed by atoms with Crippen LogP contribution >= 0.6 is 0 Å². The van der Waals surface area contributed by atoms with Crippen molar-refractivity contribution >= 4 is 11.6 Å². The monoisotopic (exact) mass is 371 g/mol. The van der Waals surface area contributed by atoms with Gasteiger partial charge in [0.2, 0.25) is 5.91 Å². The lowest BCUT2D eigenvalue weighted by Crippen LogP contribution is -2.32. The van der Waals surface area contributed by atoms with E-state index in [2.05, 4.69) is 15.4 Å². The SMILES string of the molecule is CC(c1ccc(-n2cncn2)cc1)N(C)CC(=O)Nc1c(F)cccc1F. The summed E-state index contributed by atoms with van der Waals surface area (Å²) in [5, 5.41) is 6.36. The molecule has 0 aliphatic heterocycles. The van der Waals surface area contributed by atoms with Crippen molar-refractivity contribution in [1.82, 2.24) is 19.7 Å².